The molecule has 0 aliphatic carbocycles. The van der Waals surface area contributed by atoms with Gasteiger partial charge in [-0.15, -0.1) is 0 Å². The quantitative estimate of drug-likeness (QED) is 0.855. The van der Waals surface area contributed by atoms with E-state index in [1.54, 1.807) is 4.90 Å². The zero-order valence-electron chi connectivity index (χ0n) is 14.5. The van der Waals surface area contributed by atoms with Crippen LogP contribution in [0.5, 0.6) is 0 Å². The molecule has 1 aromatic carbocycles. The Morgan fingerprint density at radius 2 is 2.00 bits per heavy atom. The molecule has 24 heavy (non-hydrogen) atoms. The molecular weight excluding hydrogens is 304 g/mol. The predicted molar refractivity (Wildman–Crippen MR) is 91.3 cm³/mol. The number of amides is 2. The van der Waals surface area contributed by atoms with E-state index in [1.165, 1.54) is 0 Å². The summed E-state index contributed by atoms with van der Waals surface area (Å²) in [5.74, 6) is 0.119. The molecule has 0 unspecified atom stereocenters. The van der Waals surface area contributed by atoms with Crippen LogP contribution in [-0.2, 0) is 14.3 Å². The predicted octanol–water partition coefficient (Wildman–Crippen LogP) is 2.38. The van der Waals surface area contributed by atoms with Gasteiger partial charge >= 0.3 is 0 Å². The van der Waals surface area contributed by atoms with Crippen LogP contribution in [0.15, 0.2) is 30.3 Å². The van der Waals surface area contributed by atoms with Crippen LogP contribution >= 0.6 is 0 Å². The summed E-state index contributed by atoms with van der Waals surface area (Å²) in [6.07, 6.45) is 2.47. The lowest BCUT2D eigenvalue weighted by molar-refractivity contribution is -0.155. The second-order valence-electron chi connectivity index (χ2n) is 6.78. The molecular formula is C19H26N2O3. The number of piperidine rings is 1. The highest BCUT2D eigenvalue weighted by molar-refractivity contribution is 5.88. The minimum Gasteiger partial charge on any atom is -0.374 e. The lowest BCUT2D eigenvalue weighted by Gasteiger charge is -2.42. The van der Waals surface area contributed by atoms with Crippen LogP contribution < -0.4 is 0 Å². The average molecular weight is 330 g/mol. The molecule has 0 saturated carbocycles. The normalized spacial score (nSPS) is 26.3. The molecule has 2 amide bonds. The van der Waals surface area contributed by atoms with Gasteiger partial charge in [-0.05, 0) is 32.3 Å². The molecule has 3 rings (SSSR count). The van der Waals surface area contributed by atoms with Gasteiger partial charge < -0.3 is 14.5 Å². The largest absolute Gasteiger partial charge is 0.374 e. The Kier molecular flexibility index (Phi) is 5.19. The van der Waals surface area contributed by atoms with E-state index in [-0.39, 0.29) is 24.0 Å². The lowest BCUT2D eigenvalue weighted by Crippen LogP contribution is -2.55. The first kappa shape index (κ1) is 17.0. The van der Waals surface area contributed by atoms with Crippen LogP contribution in [-0.4, -0.2) is 53.5 Å². The first-order chi connectivity index (χ1) is 11.6. The Balaban J connectivity index is 1.80. The van der Waals surface area contributed by atoms with Crippen LogP contribution in [0.3, 0.4) is 0 Å². The van der Waals surface area contributed by atoms with Crippen LogP contribution in [0.4, 0.5) is 0 Å². The van der Waals surface area contributed by atoms with Crippen molar-refractivity contribution < 1.29 is 14.3 Å². The first-order valence-corrected chi connectivity index (χ1v) is 8.84. The molecule has 2 aliphatic rings. The van der Waals surface area contributed by atoms with Crippen LogP contribution in [0, 0.1) is 0 Å². The Morgan fingerprint density at radius 1 is 1.25 bits per heavy atom. The van der Waals surface area contributed by atoms with Crippen molar-refractivity contribution in [2.24, 2.45) is 0 Å². The Hall–Kier alpha value is -1.88. The third-order valence-corrected chi connectivity index (χ3v) is 5.02. The van der Waals surface area contributed by atoms with Gasteiger partial charge in [-0.1, -0.05) is 30.3 Å². The highest BCUT2D eigenvalue weighted by Gasteiger charge is 2.37. The third kappa shape index (κ3) is 3.46. The number of morpholine rings is 1. The molecule has 3 atom stereocenters. The first-order valence-electron chi connectivity index (χ1n) is 8.84. The number of benzene rings is 1. The molecule has 0 N–H and O–H groups in total. The fourth-order valence-corrected chi connectivity index (χ4v) is 3.61. The van der Waals surface area contributed by atoms with Gasteiger partial charge in [0.15, 0.2) is 0 Å². The highest BCUT2D eigenvalue weighted by Crippen LogP contribution is 2.28. The molecule has 2 aliphatic heterocycles. The molecule has 0 spiro atoms. The number of hydrogen-bond donors (Lipinski definition) is 0. The summed E-state index contributed by atoms with van der Waals surface area (Å²) in [5.41, 5.74) is 1.08. The van der Waals surface area contributed by atoms with Gasteiger partial charge in [0.05, 0.1) is 18.8 Å². The van der Waals surface area contributed by atoms with Crippen molar-refractivity contribution in [3.63, 3.8) is 0 Å². The van der Waals surface area contributed by atoms with Gasteiger partial charge in [-0.2, -0.15) is 0 Å². The van der Waals surface area contributed by atoms with Gasteiger partial charge in [0.2, 0.25) is 11.8 Å². The summed E-state index contributed by atoms with van der Waals surface area (Å²) in [7, 11) is 0. The molecule has 130 valence electrons. The van der Waals surface area contributed by atoms with Gasteiger partial charge in [0.1, 0.15) is 6.04 Å². The monoisotopic (exact) mass is 330 g/mol. The Morgan fingerprint density at radius 3 is 2.71 bits per heavy atom. The third-order valence-electron chi connectivity index (χ3n) is 5.02. The van der Waals surface area contributed by atoms with E-state index in [9.17, 15) is 9.59 Å². The fraction of sp³-hybridized carbons (Fsp3) is 0.579. The van der Waals surface area contributed by atoms with E-state index in [1.807, 2.05) is 49.1 Å². The van der Waals surface area contributed by atoms with Crippen LogP contribution in [0.2, 0.25) is 0 Å². The summed E-state index contributed by atoms with van der Waals surface area (Å²) in [4.78, 5) is 29.0. The van der Waals surface area contributed by atoms with E-state index in [0.717, 1.165) is 18.4 Å². The molecule has 2 heterocycles. The van der Waals surface area contributed by atoms with Crippen molar-refractivity contribution in [3.8, 4) is 0 Å². The molecule has 5 nitrogen and oxygen atoms in total. The minimum atomic E-state index is -0.408. The molecule has 0 aromatic heterocycles. The number of nitrogens with zero attached hydrogens (tertiary/aromatic N) is 2. The standard InChI is InChI=1S/C19H26N2O3/c1-14-12-21(17(13-24-14)16-8-4-3-5-9-16)19(23)15(2)20-11-7-6-10-18(20)22/h3-5,8-9,14-15,17H,6-7,10-13H2,1-2H3/t14-,15-,17-/m1/s1. The smallest absolute Gasteiger partial charge is 0.245 e. The molecule has 1 aromatic rings. The maximum Gasteiger partial charge on any atom is 0.245 e. The number of ether oxygens (including phenoxy) is 1. The van der Waals surface area contributed by atoms with Gasteiger partial charge in [0, 0.05) is 19.5 Å². The molecule has 0 bridgehead atoms. The van der Waals surface area contributed by atoms with Crippen molar-refractivity contribution in [3.05, 3.63) is 35.9 Å². The summed E-state index contributed by atoms with van der Waals surface area (Å²) in [5, 5.41) is 0. The Bertz CT molecular complexity index is 590. The van der Waals surface area contributed by atoms with Gasteiger partial charge in [0.25, 0.3) is 0 Å². The number of carbonyl (C=O) groups is 2. The van der Waals surface area contributed by atoms with Crippen molar-refractivity contribution in [1.29, 1.82) is 0 Å². The SMILES string of the molecule is C[C@@H]1CN(C(=O)[C@@H](C)N2CCCCC2=O)[C@@H](c2ccccc2)CO1. The lowest BCUT2D eigenvalue weighted by atomic mass is 10.0. The Labute approximate surface area is 143 Å². The van der Waals surface area contributed by atoms with E-state index in [0.29, 0.717) is 26.1 Å². The highest BCUT2D eigenvalue weighted by atomic mass is 16.5. The summed E-state index contributed by atoms with van der Waals surface area (Å²) < 4.78 is 5.80. The maximum atomic E-state index is 13.1. The zero-order chi connectivity index (χ0) is 17.1. The zero-order valence-corrected chi connectivity index (χ0v) is 14.5. The molecule has 0 radical (unpaired) electrons. The van der Waals surface area contributed by atoms with E-state index < -0.39 is 6.04 Å². The average Bonchev–Trinajstić information content (AvgIpc) is 2.61. The maximum absolute atomic E-state index is 13.1. The van der Waals surface area contributed by atoms with Crippen LogP contribution in [0.1, 0.15) is 44.7 Å². The minimum absolute atomic E-state index is 0.0122. The summed E-state index contributed by atoms with van der Waals surface area (Å²) in [6, 6.07) is 9.49. The van der Waals surface area contributed by atoms with Gasteiger partial charge in [-0.3, -0.25) is 9.59 Å². The van der Waals surface area contributed by atoms with Crippen LogP contribution in [0.25, 0.3) is 0 Å². The van der Waals surface area contributed by atoms with Crippen molar-refractivity contribution in [2.45, 2.75) is 51.3 Å². The molecule has 5 heteroatoms. The molecule has 2 fully saturated rings. The van der Waals surface area contributed by atoms with E-state index >= 15 is 0 Å². The number of likely N-dealkylation sites (tertiary alicyclic amines) is 1. The fourth-order valence-electron chi connectivity index (χ4n) is 3.61. The summed E-state index contributed by atoms with van der Waals surface area (Å²) >= 11 is 0. The topological polar surface area (TPSA) is 49.9 Å². The second-order valence-corrected chi connectivity index (χ2v) is 6.78. The number of rotatable bonds is 3. The summed E-state index contributed by atoms with van der Waals surface area (Å²) in [6.45, 7) is 5.58. The van der Waals surface area contributed by atoms with E-state index in [4.69, 9.17) is 4.74 Å². The number of hydrogen-bond acceptors (Lipinski definition) is 3. The van der Waals surface area contributed by atoms with E-state index in [2.05, 4.69) is 0 Å². The van der Waals surface area contributed by atoms with Crippen molar-refractivity contribution >= 4 is 11.8 Å². The van der Waals surface area contributed by atoms with Gasteiger partial charge in [-0.25, -0.2) is 0 Å². The van der Waals surface area contributed by atoms with Crippen molar-refractivity contribution in [1.82, 2.24) is 9.80 Å². The molecule has 2 saturated heterocycles. The van der Waals surface area contributed by atoms with Crippen molar-refractivity contribution in [2.75, 3.05) is 19.7 Å². The second kappa shape index (κ2) is 7.34. The number of carbonyl (C=O) groups excluding carboxylic acids is 2.